The number of nitrogens with one attached hydrogen (secondary N) is 2. The Morgan fingerprint density at radius 1 is 1.29 bits per heavy atom. The first kappa shape index (κ1) is 16.9. The molecule has 1 aromatic carbocycles. The molecule has 1 unspecified atom stereocenters. The van der Waals surface area contributed by atoms with Gasteiger partial charge in [0.2, 0.25) is 0 Å². The van der Waals surface area contributed by atoms with Crippen LogP contribution in [0.1, 0.15) is 38.8 Å². The highest BCUT2D eigenvalue weighted by Gasteiger charge is 2.12. The molecule has 1 atom stereocenters. The summed E-state index contributed by atoms with van der Waals surface area (Å²) >= 11 is 0. The second kappa shape index (κ2) is 8.19. The SMILES string of the molecule is CC/C(C)=C/NC(=O)NC(C)c1ccc(OC)c(OC)c1. The number of carbonyl (C=O) groups excluding carboxylic acids is 1. The molecule has 1 rings (SSSR count). The molecule has 2 N–H and O–H groups in total. The zero-order valence-corrected chi connectivity index (χ0v) is 13.3. The fraction of sp³-hybridized carbons (Fsp3) is 0.438. The third kappa shape index (κ3) is 5.02. The molecule has 0 saturated carbocycles. The summed E-state index contributed by atoms with van der Waals surface area (Å²) in [5.74, 6) is 1.31. The average molecular weight is 292 g/mol. The fourth-order valence-corrected chi connectivity index (χ4v) is 1.73. The van der Waals surface area contributed by atoms with Gasteiger partial charge in [0.1, 0.15) is 0 Å². The normalized spacial score (nSPS) is 12.5. The van der Waals surface area contributed by atoms with E-state index in [4.69, 9.17) is 9.47 Å². The highest BCUT2D eigenvalue weighted by molar-refractivity contribution is 5.75. The van der Waals surface area contributed by atoms with E-state index in [1.807, 2.05) is 39.0 Å². The summed E-state index contributed by atoms with van der Waals surface area (Å²) in [6.07, 6.45) is 2.63. The van der Waals surface area contributed by atoms with Gasteiger partial charge in [-0.15, -0.1) is 0 Å². The van der Waals surface area contributed by atoms with Gasteiger partial charge in [-0.05, 0) is 38.0 Å². The number of amides is 2. The van der Waals surface area contributed by atoms with Crippen molar-refractivity contribution in [2.24, 2.45) is 0 Å². The van der Waals surface area contributed by atoms with Crippen LogP contribution in [0.5, 0.6) is 11.5 Å². The van der Waals surface area contributed by atoms with Gasteiger partial charge in [0.25, 0.3) is 0 Å². The van der Waals surface area contributed by atoms with Crippen molar-refractivity contribution < 1.29 is 14.3 Å². The Hall–Kier alpha value is -2.17. The minimum absolute atomic E-state index is 0.139. The lowest BCUT2D eigenvalue weighted by molar-refractivity contribution is 0.241. The number of rotatable bonds is 6. The van der Waals surface area contributed by atoms with E-state index in [-0.39, 0.29) is 12.1 Å². The van der Waals surface area contributed by atoms with Gasteiger partial charge in [-0.1, -0.05) is 18.6 Å². The minimum Gasteiger partial charge on any atom is -0.493 e. The Kier molecular flexibility index (Phi) is 6.59. The molecule has 0 aliphatic heterocycles. The molecule has 0 aliphatic rings. The van der Waals surface area contributed by atoms with E-state index in [2.05, 4.69) is 10.6 Å². The molecular weight excluding hydrogens is 268 g/mol. The van der Waals surface area contributed by atoms with Gasteiger partial charge in [-0.2, -0.15) is 0 Å². The lowest BCUT2D eigenvalue weighted by Crippen LogP contribution is -2.34. The van der Waals surface area contributed by atoms with Crippen LogP contribution in [0.15, 0.2) is 30.0 Å². The summed E-state index contributed by atoms with van der Waals surface area (Å²) in [4.78, 5) is 11.8. The van der Waals surface area contributed by atoms with E-state index < -0.39 is 0 Å². The van der Waals surface area contributed by atoms with Crippen LogP contribution in [0.25, 0.3) is 0 Å². The number of methoxy groups -OCH3 is 2. The molecule has 0 aromatic heterocycles. The van der Waals surface area contributed by atoms with Crippen LogP contribution in [0.3, 0.4) is 0 Å². The van der Waals surface area contributed by atoms with E-state index in [0.29, 0.717) is 11.5 Å². The van der Waals surface area contributed by atoms with E-state index in [1.165, 1.54) is 0 Å². The monoisotopic (exact) mass is 292 g/mol. The molecule has 5 nitrogen and oxygen atoms in total. The van der Waals surface area contributed by atoms with Crippen LogP contribution >= 0.6 is 0 Å². The Balaban J connectivity index is 2.71. The summed E-state index contributed by atoms with van der Waals surface area (Å²) in [7, 11) is 3.18. The van der Waals surface area contributed by atoms with Gasteiger partial charge in [-0.25, -0.2) is 4.79 Å². The molecule has 0 radical (unpaired) electrons. The van der Waals surface area contributed by atoms with Crippen LogP contribution in [-0.4, -0.2) is 20.3 Å². The lowest BCUT2D eigenvalue weighted by atomic mass is 10.1. The topological polar surface area (TPSA) is 59.6 Å². The molecular formula is C16H24N2O3. The Bertz CT molecular complexity index is 512. The van der Waals surface area contributed by atoms with Gasteiger partial charge in [-0.3, -0.25) is 0 Å². The van der Waals surface area contributed by atoms with Crippen molar-refractivity contribution >= 4 is 6.03 Å². The molecule has 0 spiro atoms. The van der Waals surface area contributed by atoms with Gasteiger partial charge >= 0.3 is 6.03 Å². The fourth-order valence-electron chi connectivity index (χ4n) is 1.73. The van der Waals surface area contributed by atoms with Crippen LogP contribution in [-0.2, 0) is 0 Å². The predicted molar refractivity (Wildman–Crippen MR) is 83.7 cm³/mol. The maximum absolute atomic E-state index is 11.8. The summed E-state index contributed by atoms with van der Waals surface area (Å²) < 4.78 is 10.5. The number of hydrogen-bond donors (Lipinski definition) is 2. The molecule has 0 aliphatic carbocycles. The van der Waals surface area contributed by atoms with Gasteiger partial charge in [0, 0.05) is 6.20 Å². The van der Waals surface area contributed by atoms with Crippen LogP contribution < -0.4 is 20.1 Å². The first-order valence-corrected chi connectivity index (χ1v) is 6.96. The van der Waals surface area contributed by atoms with Gasteiger partial charge in [0.05, 0.1) is 20.3 Å². The summed E-state index contributed by atoms with van der Waals surface area (Å²) in [5, 5.41) is 5.59. The lowest BCUT2D eigenvalue weighted by Gasteiger charge is -2.16. The number of hydrogen-bond acceptors (Lipinski definition) is 3. The second-order valence-corrected chi connectivity index (χ2v) is 4.80. The molecule has 0 saturated heterocycles. The van der Waals surface area contributed by atoms with E-state index >= 15 is 0 Å². The van der Waals surface area contributed by atoms with Crippen molar-refractivity contribution in [3.8, 4) is 11.5 Å². The average Bonchev–Trinajstić information content (AvgIpc) is 2.51. The van der Waals surface area contributed by atoms with Gasteiger partial charge < -0.3 is 20.1 Å². The maximum atomic E-state index is 11.8. The van der Waals surface area contributed by atoms with Gasteiger partial charge in [0.15, 0.2) is 11.5 Å². The third-order valence-electron chi connectivity index (χ3n) is 3.26. The van der Waals surface area contributed by atoms with E-state index in [9.17, 15) is 4.79 Å². The molecule has 5 heteroatoms. The second-order valence-electron chi connectivity index (χ2n) is 4.80. The Morgan fingerprint density at radius 2 is 1.95 bits per heavy atom. The molecule has 21 heavy (non-hydrogen) atoms. The first-order valence-electron chi connectivity index (χ1n) is 6.96. The van der Waals surface area contributed by atoms with Crippen LogP contribution in [0.4, 0.5) is 4.79 Å². The highest BCUT2D eigenvalue weighted by atomic mass is 16.5. The quantitative estimate of drug-likeness (QED) is 0.845. The molecule has 0 fully saturated rings. The van der Waals surface area contributed by atoms with Crippen molar-refractivity contribution in [3.63, 3.8) is 0 Å². The molecule has 1 aromatic rings. The van der Waals surface area contributed by atoms with Crippen molar-refractivity contribution in [1.29, 1.82) is 0 Å². The van der Waals surface area contributed by atoms with E-state index in [1.54, 1.807) is 20.4 Å². The number of carbonyl (C=O) groups is 1. The zero-order chi connectivity index (χ0) is 15.8. The summed E-state index contributed by atoms with van der Waals surface area (Å²) in [6.45, 7) is 5.92. The van der Waals surface area contributed by atoms with E-state index in [0.717, 1.165) is 17.6 Å². The molecule has 0 bridgehead atoms. The smallest absolute Gasteiger partial charge is 0.319 e. The zero-order valence-electron chi connectivity index (χ0n) is 13.3. The van der Waals surface area contributed by atoms with Crippen molar-refractivity contribution in [2.75, 3.05) is 14.2 Å². The summed E-state index contributed by atoms with van der Waals surface area (Å²) in [5.41, 5.74) is 2.06. The van der Waals surface area contributed by atoms with Crippen molar-refractivity contribution in [2.45, 2.75) is 33.2 Å². The number of benzene rings is 1. The largest absolute Gasteiger partial charge is 0.493 e. The summed E-state index contributed by atoms with van der Waals surface area (Å²) in [6, 6.07) is 5.21. The Morgan fingerprint density at radius 3 is 2.52 bits per heavy atom. The minimum atomic E-state index is -0.231. The van der Waals surface area contributed by atoms with Crippen molar-refractivity contribution in [3.05, 3.63) is 35.5 Å². The van der Waals surface area contributed by atoms with Crippen LogP contribution in [0.2, 0.25) is 0 Å². The first-order chi connectivity index (χ1) is 10.0. The van der Waals surface area contributed by atoms with Crippen molar-refractivity contribution in [1.82, 2.24) is 10.6 Å². The number of ether oxygens (including phenoxy) is 2. The maximum Gasteiger partial charge on any atom is 0.319 e. The molecule has 0 heterocycles. The number of allylic oxidation sites excluding steroid dienone is 1. The third-order valence-corrected chi connectivity index (χ3v) is 3.26. The molecule has 116 valence electrons. The van der Waals surface area contributed by atoms with Crippen LogP contribution in [0, 0.1) is 0 Å². The standard InChI is InChI=1S/C16H24N2O3/c1-6-11(2)10-17-16(19)18-12(3)13-7-8-14(20-4)15(9-13)21-5/h7-10,12H,6H2,1-5H3,(H2,17,18,19)/b11-10+. The Labute approximate surface area is 126 Å². The molecule has 2 amide bonds. The predicted octanol–water partition coefficient (Wildman–Crippen LogP) is 3.38. The highest BCUT2D eigenvalue weighted by Crippen LogP contribution is 2.29. The number of urea groups is 1.